The summed E-state index contributed by atoms with van der Waals surface area (Å²) >= 11 is 12.5. The predicted octanol–water partition coefficient (Wildman–Crippen LogP) is 4.70. The molecule has 2 aliphatic rings. The summed E-state index contributed by atoms with van der Waals surface area (Å²) in [6.45, 7) is 6.78. The van der Waals surface area contributed by atoms with Crippen LogP contribution < -0.4 is 0 Å². The lowest BCUT2D eigenvalue weighted by molar-refractivity contribution is 0.0215. The number of benzene rings is 1. The SMILES string of the molecule is CC(C)(C)OC(=O)N1CCCC1c1nnc2n1C[C@H](c1c(O)ccc(Cl)c1Cl)C2. The van der Waals surface area contributed by atoms with Gasteiger partial charge in [-0.15, -0.1) is 10.2 Å². The van der Waals surface area contributed by atoms with E-state index in [1.165, 1.54) is 0 Å². The number of carbonyl (C=O) groups is 1. The first-order chi connectivity index (χ1) is 13.7. The number of aromatic hydroxyl groups is 1. The summed E-state index contributed by atoms with van der Waals surface area (Å²) < 4.78 is 7.61. The lowest BCUT2D eigenvalue weighted by atomic mass is 9.96. The van der Waals surface area contributed by atoms with Crippen molar-refractivity contribution in [2.75, 3.05) is 6.54 Å². The second-order valence-corrected chi connectivity index (χ2v) is 9.40. The van der Waals surface area contributed by atoms with E-state index in [9.17, 15) is 9.90 Å². The van der Waals surface area contributed by atoms with Gasteiger partial charge in [-0.05, 0) is 45.7 Å². The minimum atomic E-state index is -0.553. The summed E-state index contributed by atoms with van der Waals surface area (Å²) in [5.74, 6) is 1.64. The molecule has 2 aliphatic heterocycles. The van der Waals surface area contributed by atoms with Gasteiger partial charge in [0.15, 0.2) is 5.82 Å². The number of halogens is 2. The van der Waals surface area contributed by atoms with Gasteiger partial charge in [-0.1, -0.05) is 23.2 Å². The fourth-order valence-electron chi connectivity index (χ4n) is 4.16. The van der Waals surface area contributed by atoms with Gasteiger partial charge >= 0.3 is 6.09 Å². The third kappa shape index (κ3) is 3.78. The molecule has 1 aromatic heterocycles. The average molecular weight is 439 g/mol. The second-order valence-electron chi connectivity index (χ2n) is 8.61. The van der Waals surface area contributed by atoms with Crippen molar-refractivity contribution >= 4 is 29.3 Å². The van der Waals surface area contributed by atoms with Gasteiger partial charge in [0.2, 0.25) is 0 Å². The van der Waals surface area contributed by atoms with E-state index in [0.717, 1.165) is 24.5 Å². The van der Waals surface area contributed by atoms with Gasteiger partial charge in [-0.25, -0.2) is 4.79 Å². The Bertz CT molecular complexity index is 954. The van der Waals surface area contributed by atoms with Crippen LogP contribution in [0.5, 0.6) is 5.75 Å². The number of fused-ring (bicyclic) bond motifs is 1. The van der Waals surface area contributed by atoms with E-state index < -0.39 is 5.60 Å². The minimum Gasteiger partial charge on any atom is -0.508 e. The van der Waals surface area contributed by atoms with Crippen LogP contribution in [0.25, 0.3) is 0 Å². The van der Waals surface area contributed by atoms with Crippen molar-refractivity contribution in [2.45, 2.75) is 64.1 Å². The van der Waals surface area contributed by atoms with Crippen LogP contribution in [0.2, 0.25) is 10.0 Å². The second kappa shape index (κ2) is 7.36. The maximum absolute atomic E-state index is 12.7. The van der Waals surface area contributed by atoms with Crippen molar-refractivity contribution in [3.8, 4) is 5.75 Å². The van der Waals surface area contributed by atoms with Crippen LogP contribution >= 0.6 is 23.2 Å². The largest absolute Gasteiger partial charge is 0.508 e. The number of phenolic OH excluding ortho intramolecular Hbond substituents is 1. The average Bonchev–Trinajstić information content (AvgIpc) is 3.32. The molecule has 2 aromatic rings. The van der Waals surface area contributed by atoms with Crippen molar-refractivity contribution in [3.05, 3.63) is 39.4 Å². The number of nitrogens with zero attached hydrogens (tertiary/aromatic N) is 4. The van der Waals surface area contributed by atoms with Crippen molar-refractivity contribution in [3.63, 3.8) is 0 Å². The maximum atomic E-state index is 12.7. The highest BCUT2D eigenvalue weighted by Gasteiger charge is 2.39. The van der Waals surface area contributed by atoms with E-state index in [1.807, 2.05) is 25.3 Å². The zero-order valence-electron chi connectivity index (χ0n) is 16.7. The minimum absolute atomic E-state index is 0.0539. The number of rotatable bonds is 2. The lowest BCUT2D eigenvalue weighted by Gasteiger charge is -2.28. The number of amides is 1. The molecule has 0 aliphatic carbocycles. The van der Waals surface area contributed by atoms with Crippen LogP contribution in [0.3, 0.4) is 0 Å². The smallest absolute Gasteiger partial charge is 0.410 e. The van der Waals surface area contributed by atoms with Gasteiger partial charge in [0.25, 0.3) is 0 Å². The van der Waals surface area contributed by atoms with Gasteiger partial charge in [0.1, 0.15) is 17.2 Å². The fraction of sp³-hybridized carbons (Fsp3) is 0.550. The van der Waals surface area contributed by atoms with Crippen molar-refractivity contribution in [1.82, 2.24) is 19.7 Å². The van der Waals surface area contributed by atoms with Crippen LogP contribution in [-0.2, 0) is 17.7 Å². The lowest BCUT2D eigenvalue weighted by Crippen LogP contribution is -2.37. The molecule has 0 spiro atoms. The van der Waals surface area contributed by atoms with Crippen LogP contribution in [-0.4, -0.2) is 43.0 Å². The van der Waals surface area contributed by atoms with Crippen molar-refractivity contribution < 1.29 is 14.6 Å². The summed E-state index contributed by atoms with van der Waals surface area (Å²) in [6.07, 6.45) is 1.96. The van der Waals surface area contributed by atoms with E-state index in [-0.39, 0.29) is 23.8 Å². The van der Waals surface area contributed by atoms with Crippen LogP contribution in [0, 0.1) is 0 Å². The van der Waals surface area contributed by atoms with Crippen LogP contribution in [0.1, 0.15) is 62.8 Å². The van der Waals surface area contributed by atoms with Crippen molar-refractivity contribution in [1.29, 1.82) is 0 Å². The zero-order chi connectivity index (χ0) is 20.9. The summed E-state index contributed by atoms with van der Waals surface area (Å²) in [6, 6.07) is 2.97. The zero-order valence-corrected chi connectivity index (χ0v) is 18.2. The van der Waals surface area contributed by atoms with E-state index in [2.05, 4.69) is 10.2 Å². The van der Waals surface area contributed by atoms with Gasteiger partial charge in [0.05, 0.1) is 16.1 Å². The Morgan fingerprint density at radius 3 is 2.76 bits per heavy atom. The number of aromatic nitrogens is 3. The van der Waals surface area contributed by atoms with Crippen LogP contribution in [0.4, 0.5) is 4.79 Å². The molecule has 1 amide bonds. The summed E-state index contributed by atoms with van der Waals surface area (Å²) in [4.78, 5) is 14.4. The molecular weight excluding hydrogens is 415 g/mol. The molecule has 0 saturated carbocycles. The molecule has 0 bridgehead atoms. The first kappa shape index (κ1) is 20.3. The quantitative estimate of drug-likeness (QED) is 0.734. The normalized spacial score (nSPS) is 21.5. The molecule has 1 aromatic carbocycles. The summed E-state index contributed by atoms with van der Waals surface area (Å²) in [5.41, 5.74) is 0.0780. The Morgan fingerprint density at radius 1 is 1.28 bits per heavy atom. The molecule has 156 valence electrons. The highest BCUT2D eigenvalue weighted by atomic mass is 35.5. The molecule has 1 unspecified atom stereocenters. The highest BCUT2D eigenvalue weighted by molar-refractivity contribution is 6.42. The van der Waals surface area contributed by atoms with Gasteiger partial charge < -0.3 is 14.4 Å². The van der Waals surface area contributed by atoms with Crippen molar-refractivity contribution in [2.24, 2.45) is 0 Å². The maximum Gasteiger partial charge on any atom is 0.410 e. The monoisotopic (exact) mass is 438 g/mol. The Kier molecular flexibility index (Phi) is 5.15. The van der Waals surface area contributed by atoms with E-state index >= 15 is 0 Å². The third-order valence-electron chi connectivity index (χ3n) is 5.38. The molecule has 3 heterocycles. The molecule has 1 fully saturated rings. The number of carbonyl (C=O) groups excluding carboxylic acids is 1. The van der Waals surface area contributed by atoms with Gasteiger partial charge in [-0.3, -0.25) is 4.90 Å². The van der Waals surface area contributed by atoms with E-state index in [1.54, 1.807) is 17.0 Å². The van der Waals surface area contributed by atoms with Crippen LogP contribution in [0.15, 0.2) is 12.1 Å². The third-order valence-corrected chi connectivity index (χ3v) is 6.20. The molecule has 7 nitrogen and oxygen atoms in total. The van der Waals surface area contributed by atoms with Gasteiger partial charge in [-0.2, -0.15) is 0 Å². The topological polar surface area (TPSA) is 80.5 Å². The Morgan fingerprint density at radius 2 is 2.03 bits per heavy atom. The molecule has 1 N–H and O–H groups in total. The number of hydrogen-bond donors (Lipinski definition) is 1. The Balaban J connectivity index is 1.59. The standard InChI is InChI=1S/C20H24Cl2N4O3/c1-20(2,3)29-19(28)25-8-4-5-13(25)18-24-23-15-9-11(10-26(15)18)16-14(27)7-6-12(21)17(16)22/h6-7,11,13,27H,4-5,8-10H2,1-3H3/t11-,13?/m1/s1. The first-order valence-electron chi connectivity index (χ1n) is 9.74. The number of likely N-dealkylation sites (tertiary alicyclic amines) is 1. The van der Waals surface area contributed by atoms with E-state index in [4.69, 9.17) is 27.9 Å². The number of phenols is 1. The Hall–Kier alpha value is -1.99. The molecule has 2 atom stereocenters. The van der Waals surface area contributed by atoms with E-state index in [0.29, 0.717) is 35.1 Å². The molecule has 9 heteroatoms. The predicted molar refractivity (Wildman–Crippen MR) is 110 cm³/mol. The number of ether oxygens (including phenoxy) is 1. The molecule has 4 rings (SSSR count). The summed E-state index contributed by atoms with van der Waals surface area (Å²) in [7, 11) is 0. The first-order valence-corrected chi connectivity index (χ1v) is 10.5. The molecule has 0 radical (unpaired) electrons. The molecular formula is C20H24Cl2N4O3. The molecule has 1 saturated heterocycles. The molecule has 29 heavy (non-hydrogen) atoms. The highest BCUT2D eigenvalue weighted by Crippen LogP contribution is 2.43. The summed E-state index contributed by atoms with van der Waals surface area (Å²) in [5, 5.41) is 19.8. The number of hydrogen-bond acceptors (Lipinski definition) is 5. The fourth-order valence-corrected chi connectivity index (χ4v) is 4.64. The Labute approximate surface area is 179 Å². The van der Waals surface area contributed by atoms with Gasteiger partial charge in [0, 0.05) is 31.0 Å².